The van der Waals surface area contributed by atoms with Crippen molar-refractivity contribution in [1.29, 1.82) is 0 Å². The molecule has 96 valence electrons. The number of hydrogen-bond donors (Lipinski definition) is 0. The van der Waals surface area contributed by atoms with E-state index in [0.717, 1.165) is 18.1 Å². The van der Waals surface area contributed by atoms with Crippen LogP contribution in [0.25, 0.3) is 0 Å². The first kappa shape index (κ1) is 13.8. The van der Waals surface area contributed by atoms with E-state index in [4.69, 9.17) is 18.9 Å². The molecule has 0 aliphatic rings. The Hall–Kier alpha value is -1.26. The van der Waals surface area contributed by atoms with Gasteiger partial charge in [0.15, 0.2) is 0 Å². The summed E-state index contributed by atoms with van der Waals surface area (Å²) in [6.45, 7) is 5.02. The average Bonchev–Trinajstić information content (AvgIpc) is 2.38. The lowest BCUT2D eigenvalue weighted by Crippen LogP contribution is -2.10. The first-order valence-corrected chi connectivity index (χ1v) is 5.79. The predicted molar refractivity (Wildman–Crippen MR) is 65.8 cm³/mol. The van der Waals surface area contributed by atoms with Crippen LogP contribution in [0, 0.1) is 0 Å². The highest BCUT2D eigenvalue weighted by molar-refractivity contribution is 5.32. The molecule has 0 radical (unpaired) electrons. The SMILES string of the molecule is CCOCCOCCOc1cccc(OC)c1. The summed E-state index contributed by atoms with van der Waals surface area (Å²) in [5, 5.41) is 0. The fourth-order valence-corrected chi connectivity index (χ4v) is 1.27. The number of hydrogen-bond acceptors (Lipinski definition) is 4. The molecule has 1 rings (SSSR count). The van der Waals surface area contributed by atoms with Crippen LogP contribution in [-0.4, -0.2) is 40.1 Å². The third-order valence-electron chi connectivity index (χ3n) is 2.11. The van der Waals surface area contributed by atoms with Crippen LogP contribution in [0.1, 0.15) is 6.92 Å². The summed E-state index contributed by atoms with van der Waals surface area (Å²) in [5.41, 5.74) is 0. The summed E-state index contributed by atoms with van der Waals surface area (Å²) in [6.07, 6.45) is 0. The van der Waals surface area contributed by atoms with Crippen molar-refractivity contribution in [3.63, 3.8) is 0 Å². The molecule has 4 heteroatoms. The molecule has 0 amide bonds. The second kappa shape index (κ2) is 8.84. The van der Waals surface area contributed by atoms with Gasteiger partial charge < -0.3 is 18.9 Å². The van der Waals surface area contributed by atoms with Gasteiger partial charge in [0.1, 0.15) is 18.1 Å². The van der Waals surface area contributed by atoms with Crippen molar-refractivity contribution in [3.8, 4) is 11.5 Å². The molecule has 4 nitrogen and oxygen atoms in total. The minimum absolute atomic E-state index is 0.527. The van der Waals surface area contributed by atoms with Crippen molar-refractivity contribution in [3.05, 3.63) is 24.3 Å². The van der Waals surface area contributed by atoms with Crippen LogP contribution in [0.5, 0.6) is 11.5 Å². The van der Waals surface area contributed by atoms with Gasteiger partial charge >= 0.3 is 0 Å². The molecule has 0 aliphatic heterocycles. The van der Waals surface area contributed by atoms with Gasteiger partial charge in [-0.05, 0) is 19.1 Å². The molecule has 0 N–H and O–H groups in total. The van der Waals surface area contributed by atoms with Crippen LogP contribution in [0.3, 0.4) is 0 Å². The van der Waals surface area contributed by atoms with Gasteiger partial charge in [0, 0.05) is 12.7 Å². The minimum Gasteiger partial charge on any atom is -0.497 e. The standard InChI is InChI=1S/C13H20O4/c1-3-15-7-8-16-9-10-17-13-6-4-5-12(11-13)14-2/h4-6,11H,3,7-10H2,1-2H3. The Morgan fingerprint density at radius 1 is 0.941 bits per heavy atom. The van der Waals surface area contributed by atoms with E-state index in [9.17, 15) is 0 Å². The fraction of sp³-hybridized carbons (Fsp3) is 0.538. The minimum atomic E-state index is 0.527. The first-order chi connectivity index (χ1) is 8.36. The maximum Gasteiger partial charge on any atom is 0.123 e. The fourth-order valence-electron chi connectivity index (χ4n) is 1.27. The van der Waals surface area contributed by atoms with Gasteiger partial charge in [-0.1, -0.05) is 6.07 Å². The quantitative estimate of drug-likeness (QED) is 0.620. The number of benzene rings is 1. The third-order valence-corrected chi connectivity index (χ3v) is 2.11. The van der Waals surface area contributed by atoms with Crippen LogP contribution < -0.4 is 9.47 Å². The summed E-state index contributed by atoms with van der Waals surface area (Å²) >= 11 is 0. The normalized spacial score (nSPS) is 10.2. The van der Waals surface area contributed by atoms with Gasteiger partial charge in [-0.3, -0.25) is 0 Å². The van der Waals surface area contributed by atoms with Gasteiger partial charge in [-0.2, -0.15) is 0 Å². The Labute approximate surface area is 102 Å². The van der Waals surface area contributed by atoms with E-state index in [0.29, 0.717) is 26.4 Å². The van der Waals surface area contributed by atoms with Crippen LogP contribution in [-0.2, 0) is 9.47 Å². The Balaban J connectivity index is 2.09. The Kier molecular flexibility index (Phi) is 7.18. The molecule has 1 aromatic carbocycles. The lowest BCUT2D eigenvalue weighted by Gasteiger charge is -2.08. The summed E-state index contributed by atoms with van der Waals surface area (Å²) in [7, 11) is 1.63. The molecule has 0 spiro atoms. The molecule has 0 atom stereocenters. The lowest BCUT2D eigenvalue weighted by atomic mass is 10.3. The Morgan fingerprint density at radius 2 is 1.65 bits per heavy atom. The largest absolute Gasteiger partial charge is 0.497 e. The zero-order valence-electron chi connectivity index (χ0n) is 10.5. The predicted octanol–water partition coefficient (Wildman–Crippen LogP) is 2.13. The average molecular weight is 240 g/mol. The highest BCUT2D eigenvalue weighted by atomic mass is 16.5. The molecule has 17 heavy (non-hydrogen) atoms. The number of methoxy groups -OCH3 is 1. The maximum absolute atomic E-state index is 5.51. The number of rotatable bonds is 9. The number of ether oxygens (including phenoxy) is 4. The zero-order valence-corrected chi connectivity index (χ0v) is 10.5. The zero-order chi connectivity index (χ0) is 12.3. The van der Waals surface area contributed by atoms with E-state index in [1.807, 2.05) is 31.2 Å². The van der Waals surface area contributed by atoms with E-state index in [1.165, 1.54) is 0 Å². The Morgan fingerprint density at radius 3 is 2.41 bits per heavy atom. The van der Waals surface area contributed by atoms with E-state index >= 15 is 0 Å². The molecule has 0 bridgehead atoms. The summed E-state index contributed by atoms with van der Waals surface area (Å²) in [4.78, 5) is 0. The first-order valence-electron chi connectivity index (χ1n) is 5.79. The topological polar surface area (TPSA) is 36.9 Å². The molecule has 0 unspecified atom stereocenters. The van der Waals surface area contributed by atoms with Crippen LogP contribution in [0.2, 0.25) is 0 Å². The maximum atomic E-state index is 5.51. The van der Waals surface area contributed by atoms with Crippen LogP contribution in [0.4, 0.5) is 0 Å². The van der Waals surface area contributed by atoms with E-state index in [2.05, 4.69) is 0 Å². The third kappa shape index (κ3) is 6.14. The molecular formula is C13H20O4. The summed E-state index contributed by atoms with van der Waals surface area (Å²) in [5.74, 6) is 1.58. The summed E-state index contributed by atoms with van der Waals surface area (Å²) in [6, 6.07) is 7.51. The van der Waals surface area contributed by atoms with E-state index in [-0.39, 0.29) is 0 Å². The van der Waals surface area contributed by atoms with Gasteiger partial charge in [0.05, 0.1) is 26.9 Å². The van der Waals surface area contributed by atoms with Crippen molar-refractivity contribution >= 4 is 0 Å². The van der Waals surface area contributed by atoms with Gasteiger partial charge in [0.2, 0.25) is 0 Å². The van der Waals surface area contributed by atoms with E-state index < -0.39 is 0 Å². The highest BCUT2D eigenvalue weighted by Crippen LogP contribution is 2.18. The van der Waals surface area contributed by atoms with E-state index in [1.54, 1.807) is 7.11 Å². The highest BCUT2D eigenvalue weighted by Gasteiger charge is 1.96. The van der Waals surface area contributed by atoms with Crippen molar-refractivity contribution < 1.29 is 18.9 Å². The molecule has 0 saturated carbocycles. The van der Waals surface area contributed by atoms with Gasteiger partial charge in [-0.25, -0.2) is 0 Å². The monoisotopic (exact) mass is 240 g/mol. The van der Waals surface area contributed by atoms with Crippen molar-refractivity contribution in [2.75, 3.05) is 40.1 Å². The van der Waals surface area contributed by atoms with Crippen LogP contribution >= 0.6 is 0 Å². The van der Waals surface area contributed by atoms with Crippen LogP contribution in [0.15, 0.2) is 24.3 Å². The molecule has 0 heterocycles. The second-order valence-electron chi connectivity index (χ2n) is 3.34. The van der Waals surface area contributed by atoms with Gasteiger partial charge in [0.25, 0.3) is 0 Å². The molecule has 0 aliphatic carbocycles. The smallest absolute Gasteiger partial charge is 0.123 e. The molecule has 0 fully saturated rings. The Bertz CT molecular complexity index is 301. The molecule has 0 aromatic heterocycles. The summed E-state index contributed by atoms with van der Waals surface area (Å²) < 4.78 is 21.1. The van der Waals surface area contributed by atoms with Crippen molar-refractivity contribution in [2.24, 2.45) is 0 Å². The van der Waals surface area contributed by atoms with Gasteiger partial charge in [-0.15, -0.1) is 0 Å². The lowest BCUT2D eigenvalue weighted by molar-refractivity contribution is 0.0404. The molecule has 1 aromatic rings. The van der Waals surface area contributed by atoms with Crippen molar-refractivity contribution in [2.45, 2.75) is 6.92 Å². The molecule has 0 saturated heterocycles. The van der Waals surface area contributed by atoms with Crippen molar-refractivity contribution in [1.82, 2.24) is 0 Å². The second-order valence-corrected chi connectivity index (χ2v) is 3.34. The molecular weight excluding hydrogens is 220 g/mol.